The molecule has 0 aliphatic carbocycles. The molecule has 2 aromatic carbocycles. The summed E-state index contributed by atoms with van der Waals surface area (Å²) in [5.41, 5.74) is 2.43. The van der Waals surface area contributed by atoms with E-state index in [9.17, 15) is 0 Å². The van der Waals surface area contributed by atoms with Crippen LogP contribution in [0.15, 0.2) is 48.8 Å². The zero-order valence-electron chi connectivity index (χ0n) is 20.5. The Morgan fingerprint density at radius 2 is 1.18 bits per heavy atom. The Labute approximate surface area is 199 Å². The summed E-state index contributed by atoms with van der Waals surface area (Å²) in [6.45, 7) is 10.3. The predicted octanol–water partition coefficient (Wildman–Crippen LogP) is 9.12. The summed E-state index contributed by atoms with van der Waals surface area (Å²) in [5, 5.41) is 6.75. The molecule has 0 saturated carbocycles. The predicted molar refractivity (Wildman–Crippen MR) is 143 cm³/mol. The first-order valence-corrected chi connectivity index (χ1v) is 13.7. The Hall–Kier alpha value is -2.51. The van der Waals surface area contributed by atoms with Crippen molar-refractivity contribution in [2.75, 3.05) is 13.2 Å². The highest BCUT2D eigenvalue weighted by molar-refractivity contribution is 7.67. The lowest BCUT2D eigenvalue weighted by Gasteiger charge is -2.11. The Kier molecular flexibility index (Phi) is 7.93. The highest BCUT2D eigenvalue weighted by atomic mass is 31.1. The van der Waals surface area contributed by atoms with Gasteiger partial charge in [0.2, 0.25) is 0 Å². The van der Waals surface area contributed by atoms with Crippen molar-refractivity contribution < 1.29 is 9.47 Å². The topological polar surface area (TPSA) is 31.4 Å². The molecule has 0 atom stereocenters. The van der Waals surface area contributed by atoms with Crippen molar-refractivity contribution in [3.63, 3.8) is 0 Å². The minimum atomic E-state index is -0.617. The Bertz CT molecular complexity index is 1140. The van der Waals surface area contributed by atoms with Gasteiger partial charge in [0.05, 0.1) is 13.2 Å². The van der Waals surface area contributed by atoms with E-state index < -0.39 is 7.53 Å². The van der Waals surface area contributed by atoms with Gasteiger partial charge >= 0.3 is 0 Å². The molecular weight excluding hydrogens is 425 g/mol. The fourth-order valence-corrected chi connectivity index (χ4v) is 7.17. The van der Waals surface area contributed by atoms with Crippen LogP contribution >= 0.6 is 7.53 Å². The summed E-state index contributed by atoms with van der Waals surface area (Å²) >= 11 is 0. The van der Waals surface area contributed by atoms with Gasteiger partial charge in [0.25, 0.3) is 0 Å². The van der Waals surface area contributed by atoms with Gasteiger partial charge in [-0.2, -0.15) is 0 Å². The Morgan fingerprint density at radius 3 is 1.64 bits per heavy atom. The molecule has 0 amide bonds. The normalized spacial score (nSPS) is 11.4. The highest BCUT2D eigenvalue weighted by Gasteiger charge is 2.18. The number of hydrogen-bond donors (Lipinski definition) is 0. The van der Waals surface area contributed by atoms with Gasteiger partial charge in [-0.05, 0) is 85.0 Å². The molecule has 4 heteroatoms. The molecule has 0 saturated heterocycles. The third-order valence-electron chi connectivity index (χ3n) is 6.29. The standard InChI is InChI=1S/C29H36NO2P/c1-5-7-9-15-31-26-19-24-25-20-27(32-16-10-8-6-2)22(4)18-29(25)33(28(24)17-21(26)3)23-11-13-30-14-12-23/h11-14,17-20H,5-10,15-16H2,1-4H3. The first-order valence-electron chi connectivity index (χ1n) is 12.4. The van der Waals surface area contributed by atoms with Crippen LogP contribution in [0.5, 0.6) is 11.5 Å². The Morgan fingerprint density at radius 1 is 0.697 bits per heavy atom. The summed E-state index contributed by atoms with van der Waals surface area (Å²) in [7, 11) is -0.617. The molecule has 0 aliphatic rings. The van der Waals surface area contributed by atoms with Gasteiger partial charge < -0.3 is 9.47 Å². The van der Waals surface area contributed by atoms with E-state index in [4.69, 9.17) is 9.47 Å². The van der Waals surface area contributed by atoms with Crippen LogP contribution in [0, 0.1) is 13.8 Å². The second kappa shape index (κ2) is 11.1. The molecule has 0 unspecified atom stereocenters. The van der Waals surface area contributed by atoms with Crippen molar-refractivity contribution in [1.29, 1.82) is 0 Å². The van der Waals surface area contributed by atoms with E-state index in [0.717, 1.165) is 37.6 Å². The van der Waals surface area contributed by atoms with Crippen LogP contribution in [0.1, 0.15) is 63.5 Å². The van der Waals surface area contributed by atoms with E-state index in [1.165, 1.54) is 63.1 Å². The third kappa shape index (κ3) is 5.20. The molecule has 0 N–H and O–H groups in total. The first-order chi connectivity index (χ1) is 16.1. The van der Waals surface area contributed by atoms with Gasteiger partial charge in [0.15, 0.2) is 0 Å². The van der Waals surface area contributed by atoms with E-state index in [2.05, 4.69) is 69.1 Å². The number of fused-ring (bicyclic) bond motifs is 3. The number of hydrogen-bond acceptors (Lipinski definition) is 3. The molecule has 4 aromatic rings. The lowest BCUT2D eigenvalue weighted by atomic mass is 10.1. The zero-order chi connectivity index (χ0) is 23.2. The van der Waals surface area contributed by atoms with Crippen LogP contribution in [-0.4, -0.2) is 18.2 Å². The molecule has 33 heavy (non-hydrogen) atoms. The fraction of sp³-hybridized carbons (Fsp3) is 0.414. The minimum absolute atomic E-state index is 0.617. The van der Waals surface area contributed by atoms with Crippen molar-refractivity contribution in [1.82, 2.24) is 4.98 Å². The second-order valence-corrected chi connectivity index (χ2v) is 11.1. The second-order valence-electron chi connectivity index (χ2n) is 8.92. The lowest BCUT2D eigenvalue weighted by molar-refractivity contribution is 0.304. The van der Waals surface area contributed by atoms with Gasteiger partial charge in [0.1, 0.15) is 11.5 Å². The highest BCUT2D eigenvalue weighted by Crippen LogP contribution is 2.56. The van der Waals surface area contributed by atoms with Crippen molar-refractivity contribution in [3.8, 4) is 16.8 Å². The van der Waals surface area contributed by atoms with E-state index in [0.29, 0.717) is 0 Å². The Balaban J connectivity index is 1.84. The molecule has 0 aliphatic heterocycles. The van der Waals surface area contributed by atoms with Crippen molar-refractivity contribution in [2.24, 2.45) is 0 Å². The maximum absolute atomic E-state index is 6.23. The third-order valence-corrected chi connectivity index (χ3v) is 8.81. The zero-order valence-corrected chi connectivity index (χ0v) is 21.4. The molecule has 0 bridgehead atoms. The van der Waals surface area contributed by atoms with Crippen molar-refractivity contribution in [3.05, 3.63) is 59.9 Å². The summed E-state index contributed by atoms with van der Waals surface area (Å²) < 4.78 is 12.5. The molecular formula is C29H36NO2P. The largest absolute Gasteiger partial charge is 0.493 e. The van der Waals surface area contributed by atoms with Gasteiger partial charge in [0, 0.05) is 27.9 Å². The molecule has 3 nitrogen and oxygen atoms in total. The molecule has 0 fully saturated rings. The molecule has 2 heterocycles. The fourth-order valence-electron chi connectivity index (χ4n) is 4.43. The maximum Gasteiger partial charge on any atom is 0.122 e. The number of rotatable bonds is 11. The van der Waals surface area contributed by atoms with Crippen molar-refractivity contribution in [2.45, 2.75) is 66.2 Å². The van der Waals surface area contributed by atoms with Crippen LogP contribution in [0.4, 0.5) is 0 Å². The number of pyridine rings is 1. The van der Waals surface area contributed by atoms with Crippen LogP contribution < -0.4 is 9.47 Å². The van der Waals surface area contributed by atoms with Crippen LogP contribution in [-0.2, 0) is 0 Å². The summed E-state index contributed by atoms with van der Waals surface area (Å²) in [6, 6.07) is 13.6. The number of ether oxygens (including phenoxy) is 2. The summed E-state index contributed by atoms with van der Waals surface area (Å²) in [4.78, 5) is 4.26. The van der Waals surface area contributed by atoms with Crippen LogP contribution in [0.2, 0.25) is 0 Å². The van der Waals surface area contributed by atoms with Crippen molar-refractivity contribution >= 4 is 28.5 Å². The van der Waals surface area contributed by atoms with E-state index in [1.807, 2.05) is 12.4 Å². The van der Waals surface area contributed by atoms with Gasteiger partial charge in [-0.1, -0.05) is 47.1 Å². The lowest BCUT2D eigenvalue weighted by Crippen LogP contribution is -1.99. The number of aromatic nitrogens is 1. The first kappa shape index (κ1) is 23.6. The number of unbranched alkanes of at least 4 members (excludes halogenated alkanes) is 4. The number of nitrogens with zero attached hydrogens (tertiary/aromatic N) is 1. The summed E-state index contributed by atoms with van der Waals surface area (Å²) in [6.07, 6.45) is 10.8. The van der Waals surface area contributed by atoms with Gasteiger partial charge in [-0.15, -0.1) is 0 Å². The molecule has 0 spiro atoms. The smallest absolute Gasteiger partial charge is 0.122 e. The van der Waals surface area contributed by atoms with Crippen LogP contribution in [0.25, 0.3) is 26.3 Å². The van der Waals surface area contributed by atoms with E-state index in [-0.39, 0.29) is 0 Å². The molecule has 4 rings (SSSR count). The SMILES string of the molecule is CCCCCOc1cc2c3cc(OCCCCC)c(C)cc3p(-c3ccncc3)c2cc1C. The van der Waals surface area contributed by atoms with Gasteiger partial charge in [-0.25, -0.2) is 0 Å². The number of aryl methyl sites for hydroxylation is 2. The van der Waals surface area contributed by atoms with Crippen LogP contribution in [0.3, 0.4) is 0 Å². The maximum atomic E-state index is 6.23. The summed E-state index contributed by atoms with van der Waals surface area (Å²) in [5.74, 6) is 2.02. The molecule has 2 aromatic heterocycles. The monoisotopic (exact) mass is 461 g/mol. The minimum Gasteiger partial charge on any atom is -0.493 e. The van der Waals surface area contributed by atoms with Gasteiger partial charge in [-0.3, -0.25) is 4.98 Å². The molecule has 0 radical (unpaired) electrons. The average Bonchev–Trinajstić information content (AvgIpc) is 3.11. The van der Waals surface area contributed by atoms with E-state index in [1.54, 1.807) is 0 Å². The molecule has 174 valence electrons. The average molecular weight is 462 g/mol. The number of benzene rings is 2. The quantitative estimate of drug-likeness (QED) is 0.209. The van der Waals surface area contributed by atoms with E-state index >= 15 is 0 Å².